The van der Waals surface area contributed by atoms with Crippen LogP contribution in [-0.4, -0.2) is 34.6 Å². The number of hydrogen-bond donors (Lipinski definition) is 1. The number of phenolic OH excluding ortho intramolecular Hbond substituents is 1. The van der Waals surface area contributed by atoms with Crippen LogP contribution in [-0.2, 0) is 6.42 Å². The number of fused-ring (bicyclic) bond motifs is 3. The summed E-state index contributed by atoms with van der Waals surface area (Å²) < 4.78 is 6.55. The lowest BCUT2D eigenvalue weighted by Crippen LogP contribution is -2.45. The van der Waals surface area contributed by atoms with Crippen LogP contribution in [0.2, 0.25) is 0 Å². The van der Waals surface area contributed by atoms with E-state index in [1.165, 1.54) is 24.8 Å². The van der Waals surface area contributed by atoms with Gasteiger partial charge in [-0.25, -0.2) is 0 Å². The fraction of sp³-hybridized carbons (Fsp3) is 0.690. The van der Waals surface area contributed by atoms with Crippen molar-refractivity contribution < 1.29 is 14.6 Å². The SMILES string of the molecule is CCCCCc1cc2c(c(O)c1C(=O)N(C)C1CCCCC1)C1C=C(C)CCC1C(C)(C)O2. The van der Waals surface area contributed by atoms with E-state index in [9.17, 15) is 9.90 Å². The average molecular weight is 454 g/mol. The lowest BCUT2D eigenvalue weighted by atomic mass is 9.67. The maximum absolute atomic E-state index is 13.9. The third-order valence-corrected chi connectivity index (χ3v) is 8.44. The number of unbranched alkanes of at least 4 members (excludes halogenated alkanes) is 2. The minimum Gasteiger partial charge on any atom is -0.507 e. The molecule has 0 radical (unpaired) electrons. The molecule has 4 heteroatoms. The van der Waals surface area contributed by atoms with E-state index in [0.29, 0.717) is 11.5 Å². The minimum atomic E-state index is -0.299. The van der Waals surface area contributed by atoms with E-state index in [1.807, 2.05) is 11.9 Å². The van der Waals surface area contributed by atoms with Crippen molar-refractivity contribution in [2.75, 3.05) is 7.05 Å². The molecule has 1 N–H and O–H groups in total. The highest BCUT2D eigenvalue weighted by atomic mass is 16.5. The molecule has 1 fully saturated rings. The van der Waals surface area contributed by atoms with Gasteiger partial charge in [0.15, 0.2) is 0 Å². The molecule has 4 nitrogen and oxygen atoms in total. The summed E-state index contributed by atoms with van der Waals surface area (Å²) in [6.07, 6.45) is 14.2. The van der Waals surface area contributed by atoms with Crippen LogP contribution in [0.1, 0.15) is 119 Å². The van der Waals surface area contributed by atoms with E-state index in [1.54, 1.807) is 0 Å². The number of amides is 1. The molecule has 0 spiro atoms. The Hall–Kier alpha value is -1.97. The highest BCUT2D eigenvalue weighted by Gasteiger charge is 2.46. The molecule has 1 aliphatic heterocycles. The number of carbonyl (C=O) groups excluding carboxylic acids is 1. The highest BCUT2D eigenvalue weighted by Crippen LogP contribution is 2.54. The van der Waals surface area contributed by atoms with E-state index in [4.69, 9.17) is 4.74 Å². The van der Waals surface area contributed by atoms with Crippen LogP contribution in [0.4, 0.5) is 0 Å². The molecule has 182 valence electrons. The molecule has 1 saturated carbocycles. The van der Waals surface area contributed by atoms with Gasteiger partial charge in [0.2, 0.25) is 0 Å². The number of ether oxygens (including phenoxy) is 1. The minimum absolute atomic E-state index is 0.0217. The van der Waals surface area contributed by atoms with Gasteiger partial charge in [0.1, 0.15) is 17.1 Å². The second-order valence-electron chi connectivity index (χ2n) is 11.2. The number of nitrogens with zero attached hydrogens (tertiary/aromatic N) is 1. The summed E-state index contributed by atoms with van der Waals surface area (Å²) in [5.41, 5.74) is 3.36. The third kappa shape index (κ3) is 4.68. The van der Waals surface area contributed by atoms with Crippen molar-refractivity contribution >= 4 is 5.91 Å². The van der Waals surface area contributed by atoms with E-state index in [-0.39, 0.29) is 29.2 Å². The van der Waals surface area contributed by atoms with Gasteiger partial charge in [0.05, 0.1) is 5.56 Å². The molecule has 0 saturated heterocycles. The van der Waals surface area contributed by atoms with Crippen molar-refractivity contribution in [2.45, 2.75) is 116 Å². The fourth-order valence-electron chi connectivity index (χ4n) is 6.42. The first kappa shape index (κ1) is 24.2. The summed E-state index contributed by atoms with van der Waals surface area (Å²) in [4.78, 5) is 15.8. The number of rotatable bonds is 6. The average Bonchev–Trinajstić information content (AvgIpc) is 2.78. The first-order valence-electron chi connectivity index (χ1n) is 13.3. The molecule has 1 aromatic carbocycles. The van der Waals surface area contributed by atoms with Crippen LogP contribution >= 0.6 is 0 Å². The molecule has 1 amide bonds. The molecule has 4 rings (SSSR count). The Morgan fingerprint density at radius 3 is 2.61 bits per heavy atom. The topological polar surface area (TPSA) is 49.8 Å². The van der Waals surface area contributed by atoms with Gasteiger partial charge in [-0.3, -0.25) is 4.79 Å². The first-order valence-corrected chi connectivity index (χ1v) is 13.3. The van der Waals surface area contributed by atoms with Crippen molar-refractivity contribution in [3.8, 4) is 11.5 Å². The molecule has 2 unspecified atom stereocenters. The van der Waals surface area contributed by atoms with Gasteiger partial charge >= 0.3 is 0 Å². The first-order chi connectivity index (χ1) is 15.7. The number of benzene rings is 1. The van der Waals surface area contributed by atoms with Crippen LogP contribution in [0.25, 0.3) is 0 Å². The lowest BCUT2D eigenvalue weighted by Gasteiger charge is -2.47. The maximum Gasteiger partial charge on any atom is 0.257 e. The number of hydrogen-bond acceptors (Lipinski definition) is 3. The van der Waals surface area contributed by atoms with E-state index < -0.39 is 0 Å². The van der Waals surface area contributed by atoms with E-state index in [0.717, 1.165) is 68.2 Å². The third-order valence-electron chi connectivity index (χ3n) is 8.44. The van der Waals surface area contributed by atoms with Gasteiger partial charge < -0.3 is 14.7 Å². The van der Waals surface area contributed by atoms with Crippen LogP contribution in [0, 0.1) is 5.92 Å². The summed E-state index contributed by atoms with van der Waals surface area (Å²) in [5.74, 6) is 1.31. The number of phenols is 1. The summed E-state index contributed by atoms with van der Waals surface area (Å²) >= 11 is 0. The molecule has 0 bridgehead atoms. The predicted octanol–water partition coefficient (Wildman–Crippen LogP) is 7.14. The summed E-state index contributed by atoms with van der Waals surface area (Å²) in [6.45, 7) is 8.71. The summed E-state index contributed by atoms with van der Waals surface area (Å²) in [5, 5.41) is 11.7. The largest absolute Gasteiger partial charge is 0.507 e. The van der Waals surface area contributed by atoms with Gasteiger partial charge in [-0.1, -0.05) is 50.7 Å². The molecule has 3 aliphatic rings. The Kier molecular flexibility index (Phi) is 7.12. The van der Waals surface area contributed by atoms with E-state index >= 15 is 0 Å². The van der Waals surface area contributed by atoms with Gasteiger partial charge in [0, 0.05) is 30.5 Å². The lowest BCUT2D eigenvalue weighted by molar-refractivity contribution is 0.0106. The number of allylic oxidation sites excluding steroid dienone is 2. The van der Waals surface area contributed by atoms with Gasteiger partial charge in [-0.05, 0) is 70.9 Å². The van der Waals surface area contributed by atoms with Crippen molar-refractivity contribution in [1.82, 2.24) is 4.90 Å². The zero-order valence-electron chi connectivity index (χ0n) is 21.4. The Bertz CT molecular complexity index is 910. The highest BCUT2D eigenvalue weighted by molar-refractivity contribution is 5.99. The monoisotopic (exact) mass is 453 g/mol. The Balaban J connectivity index is 1.80. The second-order valence-corrected chi connectivity index (χ2v) is 11.2. The van der Waals surface area contributed by atoms with Crippen LogP contribution in [0.3, 0.4) is 0 Å². The molecule has 0 aromatic heterocycles. The molecular weight excluding hydrogens is 410 g/mol. The number of aryl methyl sites for hydroxylation is 1. The van der Waals surface area contributed by atoms with Gasteiger partial charge in [0.25, 0.3) is 5.91 Å². The van der Waals surface area contributed by atoms with Crippen molar-refractivity contribution in [1.29, 1.82) is 0 Å². The standard InChI is InChI=1S/C29H43NO3/c1-6-7-9-12-20-18-24-26(22-17-19(2)15-16-23(22)29(3,4)33-24)27(31)25(20)28(32)30(5)21-13-10-8-11-14-21/h17-18,21-23,31H,6-16H2,1-5H3. The second kappa shape index (κ2) is 9.72. The summed E-state index contributed by atoms with van der Waals surface area (Å²) in [7, 11) is 1.93. The summed E-state index contributed by atoms with van der Waals surface area (Å²) in [6, 6.07) is 2.35. The van der Waals surface area contributed by atoms with Gasteiger partial charge in [-0.15, -0.1) is 0 Å². The zero-order chi connectivity index (χ0) is 23.8. The van der Waals surface area contributed by atoms with Crippen molar-refractivity contribution in [2.24, 2.45) is 5.92 Å². The van der Waals surface area contributed by atoms with Crippen molar-refractivity contribution in [3.63, 3.8) is 0 Å². The van der Waals surface area contributed by atoms with Crippen molar-refractivity contribution in [3.05, 3.63) is 34.4 Å². The van der Waals surface area contributed by atoms with Crippen LogP contribution in [0.15, 0.2) is 17.7 Å². The van der Waals surface area contributed by atoms with E-state index in [2.05, 4.69) is 39.8 Å². The molecule has 1 heterocycles. The predicted molar refractivity (Wildman–Crippen MR) is 134 cm³/mol. The quantitative estimate of drug-likeness (QED) is 0.368. The smallest absolute Gasteiger partial charge is 0.257 e. The maximum atomic E-state index is 13.9. The Labute approximate surface area is 200 Å². The molecular formula is C29H43NO3. The van der Waals surface area contributed by atoms with Crippen LogP contribution in [0.5, 0.6) is 11.5 Å². The van der Waals surface area contributed by atoms with Crippen LogP contribution < -0.4 is 4.74 Å². The Morgan fingerprint density at radius 2 is 1.91 bits per heavy atom. The fourth-order valence-corrected chi connectivity index (χ4v) is 6.42. The number of aromatic hydroxyl groups is 1. The van der Waals surface area contributed by atoms with Gasteiger partial charge in [-0.2, -0.15) is 0 Å². The Morgan fingerprint density at radius 1 is 1.18 bits per heavy atom. The number of carbonyl (C=O) groups is 1. The molecule has 2 atom stereocenters. The zero-order valence-corrected chi connectivity index (χ0v) is 21.4. The molecule has 1 aromatic rings. The molecule has 2 aliphatic carbocycles. The normalized spacial score (nSPS) is 24.3. The molecule has 33 heavy (non-hydrogen) atoms.